The van der Waals surface area contributed by atoms with Gasteiger partial charge in [-0.3, -0.25) is 14.9 Å². The Bertz CT molecular complexity index is 1000. The maximum atomic E-state index is 12.0. The van der Waals surface area contributed by atoms with E-state index >= 15 is 0 Å². The molecule has 12 heteroatoms. The normalized spacial score (nSPS) is 13.8. The highest BCUT2D eigenvalue weighted by molar-refractivity contribution is 5.74. The summed E-state index contributed by atoms with van der Waals surface area (Å²) in [6, 6.07) is 3.50. The summed E-state index contributed by atoms with van der Waals surface area (Å²) in [6.45, 7) is 3.22. The average molecular weight is 476 g/mol. The summed E-state index contributed by atoms with van der Waals surface area (Å²) in [5.41, 5.74) is 0.531. The van der Waals surface area contributed by atoms with Gasteiger partial charge < -0.3 is 29.2 Å². The Balaban J connectivity index is 1.80. The molecular weight excluding hydrogens is 446 g/mol. The van der Waals surface area contributed by atoms with Crippen LogP contribution >= 0.6 is 0 Å². The monoisotopic (exact) mass is 475 g/mol. The van der Waals surface area contributed by atoms with Crippen LogP contribution in [0.25, 0.3) is 0 Å². The van der Waals surface area contributed by atoms with Gasteiger partial charge in [-0.25, -0.2) is 9.97 Å². The molecule has 1 fully saturated rings. The molecule has 3 rings (SSSR count). The lowest BCUT2D eigenvalue weighted by Gasteiger charge is -2.31. The summed E-state index contributed by atoms with van der Waals surface area (Å²) in [7, 11) is 4.54. The molecule has 0 bridgehead atoms. The number of hydrogen-bond donors (Lipinski definition) is 1. The fraction of sp³-hybridized carbons (Fsp3) is 0.500. The topological polar surface area (TPSA) is 138 Å². The number of esters is 1. The van der Waals surface area contributed by atoms with Gasteiger partial charge in [0.05, 0.1) is 38.8 Å². The van der Waals surface area contributed by atoms with E-state index in [-0.39, 0.29) is 35.8 Å². The van der Waals surface area contributed by atoms with Crippen LogP contribution in [0.1, 0.15) is 25.3 Å². The quantitative estimate of drug-likeness (QED) is 0.308. The van der Waals surface area contributed by atoms with Crippen molar-refractivity contribution < 1.29 is 28.7 Å². The predicted molar refractivity (Wildman–Crippen MR) is 124 cm³/mol. The molecule has 1 aromatic carbocycles. The first-order valence-corrected chi connectivity index (χ1v) is 10.9. The van der Waals surface area contributed by atoms with Crippen LogP contribution in [0.15, 0.2) is 18.5 Å². The summed E-state index contributed by atoms with van der Waals surface area (Å²) >= 11 is 0. The fourth-order valence-corrected chi connectivity index (χ4v) is 3.91. The van der Waals surface area contributed by atoms with E-state index < -0.39 is 4.92 Å². The van der Waals surface area contributed by atoms with Gasteiger partial charge in [0.25, 0.3) is 0 Å². The Morgan fingerprint density at radius 2 is 1.79 bits per heavy atom. The lowest BCUT2D eigenvalue weighted by molar-refractivity contribution is -0.383. The van der Waals surface area contributed by atoms with Crippen LogP contribution in [0.2, 0.25) is 0 Å². The van der Waals surface area contributed by atoms with Gasteiger partial charge in [-0.05, 0) is 37.5 Å². The van der Waals surface area contributed by atoms with Gasteiger partial charge in [0.2, 0.25) is 17.4 Å². The van der Waals surface area contributed by atoms with Gasteiger partial charge in [-0.15, -0.1) is 0 Å². The number of nitrogens with zero attached hydrogens (tertiary/aromatic N) is 4. The van der Waals surface area contributed by atoms with Crippen LogP contribution in [-0.4, -0.2) is 61.9 Å². The molecule has 34 heavy (non-hydrogen) atoms. The molecule has 1 aromatic heterocycles. The van der Waals surface area contributed by atoms with Crippen molar-refractivity contribution in [3.63, 3.8) is 0 Å². The number of anilines is 2. The van der Waals surface area contributed by atoms with Gasteiger partial charge >= 0.3 is 11.7 Å². The maximum Gasteiger partial charge on any atom is 0.353 e. The number of methoxy groups -OCH3 is 3. The van der Waals surface area contributed by atoms with Crippen molar-refractivity contribution in [1.29, 1.82) is 0 Å². The third-order valence-corrected chi connectivity index (χ3v) is 5.58. The number of ether oxygens (including phenoxy) is 4. The van der Waals surface area contributed by atoms with Gasteiger partial charge in [0.1, 0.15) is 6.33 Å². The van der Waals surface area contributed by atoms with Crippen LogP contribution in [0.5, 0.6) is 17.2 Å². The lowest BCUT2D eigenvalue weighted by atomic mass is 9.97. The van der Waals surface area contributed by atoms with Crippen LogP contribution < -0.4 is 24.4 Å². The number of nitrogens with one attached hydrogen (secondary N) is 1. The summed E-state index contributed by atoms with van der Waals surface area (Å²) < 4.78 is 21.2. The maximum absolute atomic E-state index is 12.0. The number of benzene rings is 1. The number of carbonyl (C=O) groups is 1. The highest BCUT2D eigenvalue weighted by Crippen LogP contribution is 2.39. The Labute approximate surface area is 197 Å². The van der Waals surface area contributed by atoms with E-state index in [0.29, 0.717) is 49.8 Å². The molecule has 184 valence electrons. The second-order valence-electron chi connectivity index (χ2n) is 7.55. The Morgan fingerprint density at radius 1 is 1.15 bits per heavy atom. The lowest BCUT2D eigenvalue weighted by Crippen LogP contribution is -2.37. The molecule has 12 nitrogen and oxygen atoms in total. The number of rotatable bonds is 10. The number of piperidine rings is 1. The van der Waals surface area contributed by atoms with Gasteiger partial charge in [-0.2, -0.15) is 0 Å². The fourth-order valence-electron chi connectivity index (χ4n) is 3.91. The third-order valence-electron chi connectivity index (χ3n) is 5.58. The summed E-state index contributed by atoms with van der Waals surface area (Å²) in [5, 5.41) is 15.0. The molecule has 2 heterocycles. The summed E-state index contributed by atoms with van der Waals surface area (Å²) in [5.74, 6) is 1.27. The molecule has 1 N–H and O–H groups in total. The van der Waals surface area contributed by atoms with Gasteiger partial charge in [-0.1, -0.05) is 0 Å². The third kappa shape index (κ3) is 5.38. The van der Waals surface area contributed by atoms with E-state index in [1.54, 1.807) is 24.0 Å². The van der Waals surface area contributed by atoms with E-state index in [4.69, 9.17) is 18.9 Å². The second-order valence-corrected chi connectivity index (χ2v) is 7.55. The van der Waals surface area contributed by atoms with E-state index in [0.717, 1.165) is 5.56 Å². The van der Waals surface area contributed by atoms with Gasteiger partial charge in [0, 0.05) is 19.6 Å². The zero-order chi connectivity index (χ0) is 24.7. The Morgan fingerprint density at radius 3 is 2.32 bits per heavy atom. The first-order valence-electron chi connectivity index (χ1n) is 10.9. The highest BCUT2D eigenvalue weighted by Gasteiger charge is 2.32. The smallest absolute Gasteiger partial charge is 0.353 e. The number of aromatic nitrogens is 2. The van der Waals surface area contributed by atoms with Crippen molar-refractivity contribution in [1.82, 2.24) is 9.97 Å². The first-order chi connectivity index (χ1) is 16.4. The van der Waals surface area contributed by atoms with Crippen molar-refractivity contribution in [2.75, 3.05) is 51.2 Å². The number of carbonyl (C=O) groups excluding carboxylic acids is 1. The van der Waals surface area contributed by atoms with E-state index in [1.165, 1.54) is 27.7 Å². The van der Waals surface area contributed by atoms with Crippen molar-refractivity contribution >= 4 is 23.3 Å². The molecular formula is C22H29N5O7. The van der Waals surface area contributed by atoms with Crippen molar-refractivity contribution in [3.8, 4) is 17.2 Å². The average Bonchev–Trinajstić information content (AvgIpc) is 2.86. The predicted octanol–water partition coefficient (Wildman–Crippen LogP) is 2.80. The Hall–Kier alpha value is -3.83. The molecule has 0 amide bonds. The molecule has 1 aliphatic rings. The molecule has 0 saturated carbocycles. The van der Waals surface area contributed by atoms with Crippen molar-refractivity contribution in [2.45, 2.75) is 26.3 Å². The number of nitro groups is 1. The molecule has 0 radical (unpaired) electrons. The molecule has 1 aliphatic heterocycles. The molecule has 0 aliphatic carbocycles. The standard InChI is InChI=1S/C22H29N5O7/c1-5-34-22(28)15-6-8-26(9-7-15)21-18(27(29)30)20(24-13-25-21)23-12-14-10-16(31-2)19(33-4)17(11-14)32-3/h10-11,13,15H,5-9,12H2,1-4H3,(H,23,24,25). The molecule has 0 spiro atoms. The van der Waals surface area contributed by atoms with Crippen LogP contribution in [-0.2, 0) is 16.1 Å². The minimum Gasteiger partial charge on any atom is -0.493 e. The molecule has 0 atom stereocenters. The zero-order valence-corrected chi connectivity index (χ0v) is 19.7. The second kappa shape index (κ2) is 11.3. The minimum absolute atomic E-state index is 0.0938. The highest BCUT2D eigenvalue weighted by atomic mass is 16.6. The molecule has 2 aromatic rings. The number of hydrogen-bond acceptors (Lipinski definition) is 11. The van der Waals surface area contributed by atoms with Gasteiger partial charge in [0.15, 0.2) is 11.5 Å². The summed E-state index contributed by atoms with van der Waals surface area (Å²) in [6.07, 6.45) is 2.36. The zero-order valence-electron chi connectivity index (χ0n) is 19.7. The first kappa shape index (κ1) is 24.8. The van der Waals surface area contributed by atoms with Crippen LogP contribution in [0.4, 0.5) is 17.3 Å². The van der Waals surface area contributed by atoms with E-state index in [2.05, 4.69) is 15.3 Å². The van der Waals surface area contributed by atoms with E-state index in [9.17, 15) is 14.9 Å². The molecule has 0 unspecified atom stereocenters. The molecule has 1 saturated heterocycles. The minimum atomic E-state index is -0.496. The Kier molecular flexibility index (Phi) is 8.28. The SMILES string of the molecule is CCOC(=O)C1CCN(c2ncnc(NCc3cc(OC)c(OC)c(OC)c3)c2[N+](=O)[O-])CC1. The summed E-state index contributed by atoms with van der Waals surface area (Å²) in [4.78, 5) is 33.6. The largest absolute Gasteiger partial charge is 0.493 e. The van der Waals surface area contributed by atoms with Crippen molar-refractivity contribution in [3.05, 3.63) is 34.1 Å². The van der Waals surface area contributed by atoms with Crippen molar-refractivity contribution in [2.24, 2.45) is 5.92 Å². The van der Waals surface area contributed by atoms with Crippen LogP contribution in [0.3, 0.4) is 0 Å². The van der Waals surface area contributed by atoms with E-state index in [1.807, 2.05) is 0 Å². The van der Waals surface area contributed by atoms with Crippen LogP contribution in [0, 0.1) is 16.0 Å².